The highest BCUT2D eigenvalue weighted by Gasteiger charge is 2.28. The van der Waals surface area contributed by atoms with Gasteiger partial charge in [-0.15, -0.1) is 11.3 Å². The summed E-state index contributed by atoms with van der Waals surface area (Å²) >= 11 is 1.36. The van der Waals surface area contributed by atoms with E-state index in [0.717, 1.165) is 17.1 Å². The standard InChI is InChI=1S/C13H13N3OS/c1-8-12(18-7-15-8)13(17)16-10-3-2-6-14-11(10)9-4-5-9/h2-3,6-7,9H,4-5H2,1H3,(H,16,17). The summed E-state index contributed by atoms with van der Waals surface area (Å²) in [6.07, 6.45) is 4.11. The van der Waals surface area contributed by atoms with E-state index in [-0.39, 0.29) is 5.91 Å². The minimum Gasteiger partial charge on any atom is -0.320 e. The van der Waals surface area contributed by atoms with Gasteiger partial charge in [-0.2, -0.15) is 0 Å². The Labute approximate surface area is 109 Å². The third kappa shape index (κ3) is 2.13. The van der Waals surface area contributed by atoms with Crippen LogP contribution in [0.3, 0.4) is 0 Å². The third-order valence-electron chi connectivity index (χ3n) is 3.00. The van der Waals surface area contributed by atoms with Gasteiger partial charge in [0.25, 0.3) is 5.91 Å². The number of aryl methyl sites for hydroxylation is 1. The Morgan fingerprint density at radius 2 is 2.28 bits per heavy atom. The van der Waals surface area contributed by atoms with Crippen LogP contribution in [0.4, 0.5) is 5.69 Å². The van der Waals surface area contributed by atoms with E-state index in [4.69, 9.17) is 0 Å². The molecule has 1 aliphatic rings. The number of nitrogens with one attached hydrogen (secondary N) is 1. The summed E-state index contributed by atoms with van der Waals surface area (Å²) in [5.74, 6) is 0.425. The molecule has 1 N–H and O–H groups in total. The lowest BCUT2D eigenvalue weighted by Gasteiger charge is -2.08. The van der Waals surface area contributed by atoms with Crippen LogP contribution in [0.2, 0.25) is 0 Å². The number of aromatic nitrogens is 2. The van der Waals surface area contributed by atoms with Gasteiger partial charge in [0.15, 0.2) is 0 Å². The summed E-state index contributed by atoms with van der Waals surface area (Å²) in [5.41, 5.74) is 4.30. The summed E-state index contributed by atoms with van der Waals surface area (Å²) in [4.78, 5) is 21.3. The van der Waals surface area contributed by atoms with Crippen molar-refractivity contribution in [2.45, 2.75) is 25.7 Å². The number of nitrogens with zero attached hydrogens (tertiary/aromatic N) is 2. The number of carbonyl (C=O) groups is 1. The summed E-state index contributed by atoms with van der Waals surface area (Å²) in [7, 11) is 0. The first-order valence-corrected chi connectivity index (χ1v) is 6.80. The van der Waals surface area contributed by atoms with E-state index in [2.05, 4.69) is 15.3 Å². The average molecular weight is 259 g/mol. The largest absolute Gasteiger partial charge is 0.320 e. The number of rotatable bonds is 3. The summed E-state index contributed by atoms with van der Waals surface area (Å²) < 4.78 is 0. The number of anilines is 1. The molecule has 0 unspecified atom stereocenters. The van der Waals surface area contributed by atoms with E-state index in [1.165, 1.54) is 24.2 Å². The Kier molecular flexibility index (Phi) is 2.83. The fourth-order valence-electron chi connectivity index (χ4n) is 1.90. The molecule has 0 saturated heterocycles. The maximum absolute atomic E-state index is 12.1. The van der Waals surface area contributed by atoms with Gasteiger partial charge in [-0.3, -0.25) is 9.78 Å². The Morgan fingerprint density at radius 3 is 2.94 bits per heavy atom. The van der Waals surface area contributed by atoms with Crippen LogP contribution < -0.4 is 5.32 Å². The van der Waals surface area contributed by atoms with Crippen molar-refractivity contribution in [1.82, 2.24) is 9.97 Å². The molecule has 0 radical (unpaired) electrons. The average Bonchev–Trinajstić information content (AvgIpc) is 3.12. The quantitative estimate of drug-likeness (QED) is 0.922. The predicted octanol–water partition coefficient (Wildman–Crippen LogP) is 2.98. The molecule has 1 aliphatic carbocycles. The van der Waals surface area contributed by atoms with Gasteiger partial charge in [-0.1, -0.05) is 0 Å². The molecule has 3 rings (SSSR count). The smallest absolute Gasteiger partial charge is 0.267 e. The summed E-state index contributed by atoms with van der Waals surface area (Å²) in [6, 6.07) is 3.76. The molecule has 0 aliphatic heterocycles. The minimum atomic E-state index is -0.0927. The molecular formula is C13H13N3OS. The topological polar surface area (TPSA) is 54.9 Å². The molecule has 0 atom stereocenters. The SMILES string of the molecule is Cc1ncsc1C(=O)Nc1cccnc1C1CC1. The van der Waals surface area contributed by atoms with Gasteiger partial charge >= 0.3 is 0 Å². The number of hydrogen-bond acceptors (Lipinski definition) is 4. The van der Waals surface area contributed by atoms with E-state index < -0.39 is 0 Å². The van der Waals surface area contributed by atoms with Gasteiger partial charge in [-0.25, -0.2) is 4.98 Å². The molecule has 1 fully saturated rings. The van der Waals surface area contributed by atoms with E-state index in [0.29, 0.717) is 10.8 Å². The zero-order valence-corrected chi connectivity index (χ0v) is 10.8. The van der Waals surface area contributed by atoms with Crippen molar-refractivity contribution >= 4 is 22.9 Å². The van der Waals surface area contributed by atoms with E-state index in [1.807, 2.05) is 19.1 Å². The fraction of sp³-hybridized carbons (Fsp3) is 0.308. The first kappa shape index (κ1) is 11.3. The van der Waals surface area contributed by atoms with Gasteiger partial charge in [0.2, 0.25) is 0 Å². The number of hydrogen-bond donors (Lipinski definition) is 1. The second kappa shape index (κ2) is 4.49. The molecule has 1 saturated carbocycles. The van der Waals surface area contributed by atoms with E-state index in [9.17, 15) is 4.79 Å². The van der Waals surface area contributed by atoms with Crippen LogP contribution in [0.5, 0.6) is 0 Å². The van der Waals surface area contributed by atoms with Crippen LogP contribution >= 0.6 is 11.3 Å². The zero-order valence-electron chi connectivity index (χ0n) is 10.0. The van der Waals surface area contributed by atoms with Gasteiger partial charge in [-0.05, 0) is 31.9 Å². The maximum atomic E-state index is 12.1. The molecule has 4 nitrogen and oxygen atoms in total. The van der Waals surface area contributed by atoms with Crippen molar-refractivity contribution in [2.75, 3.05) is 5.32 Å². The second-order valence-electron chi connectivity index (χ2n) is 4.43. The lowest BCUT2D eigenvalue weighted by Crippen LogP contribution is -2.13. The highest BCUT2D eigenvalue weighted by molar-refractivity contribution is 7.12. The molecule has 2 heterocycles. The summed E-state index contributed by atoms with van der Waals surface area (Å²) in [6.45, 7) is 1.84. The third-order valence-corrected chi connectivity index (χ3v) is 3.93. The van der Waals surface area contributed by atoms with Crippen LogP contribution in [-0.4, -0.2) is 15.9 Å². The molecular weight excluding hydrogens is 246 g/mol. The highest BCUT2D eigenvalue weighted by atomic mass is 32.1. The lowest BCUT2D eigenvalue weighted by molar-refractivity contribution is 0.102. The number of amides is 1. The van der Waals surface area contributed by atoms with E-state index >= 15 is 0 Å². The molecule has 0 aromatic carbocycles. The highest BCUT2D eigenvalue weighted by Crippen LogP contribution is 2.42. The maximum Gasteiger partial charge on any atom is 0.267 e. The number of pyridine rings is 1. The van der Waals surface area contributed by atoms with Crippen molar-refractivity contribution in [3.8, 4) is 0 Å². The van der Waals surface area contributed by atoms with Gasteiger partial charge in [0.05, 0.1) is 22.6 Å². The second-order valence-corrected chi connectivity index (χ2v) is 5.29. The lowest BCUT2D eigenvalue weighted by atomic mass is 10.2. The van der Waals surface area contributed by atoms with Gasteiger partial charge in [0, 0.05) is 12.1 Å². The molecule has 92 valence electrons. The Morgan fingerprint density at radius 1 is 1.44 bits per heavy atom. The molecule has 2 aromatic rings. The van der Waals surface area contributed by atoms with Crippen molar-refractivity contribution in [3.05, 3.63) is 40.1 Å². The molecule has 0 spiro atoms. The molecule has 2 aromatic heterocycles. The van der Waals surface area contributed by atoms with Crippen LogP contribution in [0.15, 0.2) is 23.8 Å². The Hall–Kier alpha value is -1.75. The minimum absolute atomic E-state index is 0.0927. The summed E-state index contributed by atoms with van der Waals surface area (Å²) in [5, 5.41) is 2.94. The van der Waals surface area contributed by atoms with Gasteiger partial charge < -0.3 is 5.32 Å². The number of carbonyl (C=O) groups excluding carboxylic acids is 1. The van der Waals surface area contributed by atoms with E-state index in [1.54, 1.807) is 11.7 Å². The molecule has 5 heteroatoms. The van der Waals surface area contributed by atoms with Gasteiger partial charge in [0.1, 0.15) is 4.88 Å². The first-order chi connectivity index (χ1) is 8.75. The molecule has 0 bridgehead atoms. The van der Waals surface area contributed by atoms with Crippen LogP contribution in [0.1, 0.15) is 39.8 Å². The zero-order chi connectivity index (χ0) is 12.5. The Bertz CT molecular complexity index is 589. The van der Waals surface area contributed by atoms with Crippen LogP contribution in [-0.2, 0) is 0 Å². The fourth-order valence-corrected chi connectivity index (χ4v) is 2.60. The van der Waals surface area contributed by atoms with Crippen molar-refractivity contribution in [3.63, 3.8) is 0 Å². The monoisotopic (exact) mass is 259 g/mol. The van der Waals surface area contributed by atoms with Crippen molar-refractivity contribution in [1.29, 1.82) is 0 Å². The number of thiazole rings is 1. The first-order valence-electron chi connectivity index (χ1n) is 5.92. The molecule has 1 amide bonds. The van der Waals surface area contributed by atoms with Crippen LogP contribution in [0, 0.1) is 6.92 Å². The van der Waals surface area contributed by atoms with Crippen LogP contribution in [0.25, 0.3) is 0 Å². The van der Waals surface area contributed by atoms with Crippen molar-refractivity contribution in [2.24, 2.45) is 0 Å². The van der Waals surface area contributed by atoms with Crippen molar-refractivity contribution < 1.29 is 4.79 Å². The Balaban J connectivity index is 1.84. The normalized spacial score (nSPS) is 14.5. The molecule has 18 heavy (non-hydrogen) atoms. The predicted molar refractivity (Wildman–Crippen MR) is 71.0 cm³/mol.